The summed E-state index contributed by atoms with van der Waals surface area (Å²) in [5.41, 5.74) is 0.913. The maximum absolute atomic E-state index is 12.0. The number of carbonyl (C=O) groups is 1. The van der Waals surface area contributed by atoms with Gasteiger partial charge in [-0.05, 0) is 30.3 Å². The number of nitrogens with zero attached hydrogens (tertiary/aromatic N) is 1. The van der Waals surface area contributed by atoms with Crippen LogP contribution in [0.15, 0.2) is 42.7 Å². The van der Waals surface area contributed by atoms with Crippen molar-refractivity contribution in [3.05, 3.63) is 48.3 Å². The summed E-state index contributed by atoms with van der Waals surface area (Å²) >= 11 is 0. The fourth-order valence-corrected chi connectivity index (χ4v) is 1.55. The molecule has 0 radical (unpaired) electrons. The van der Waals surface area contributed by atoms with Crippen molar-refractivity contribution in [2.45, 2.75) is 6.61 Å². The predicted octanol–water partition coefficient (Wildman–Crippen LogP) is 3.12. The van der Waals surface area contributed by atoms with E-state index in [1.165, 1.54) is 42.7 Å². The number of carboxylic acid groups (broad SMARTS) is 1. The second kappa shape index (κ2) is 5.96. The van der Waals surface area contributed by atoms with Crippen molar-refractivity contribution in [3.8, 4) is 5.75 Å². The summed E-state index contributed by atoms with van der Waals surface area (Å²) in [5, 5.41) is 11.9. The predicted molar refractivity (Wildman–Crippen MR) is 67.6 cm³/mol. The number of carboxylic acids is 1. The summed E-state index contributed by atoms with van der Waals surface area (Å²) < 4.78 is 28.2. The topological polar surface area (TPSA) is 71.5 Å². The molecule has 0 aliphatic carbocycles. The van der Waals surface area contributed by atoms with E-state index in [2.05, 4.69) is 15.0 Å². The van der Waals surface area contributed by atoms with Crippen molar-refractivity contribution in [2.75, 3.05) is 5.32 Å². The molecule has 0 aliphatic heterocycles. The van der Waals surface area contributed by atoms with E-state index in [4.69, 9.17) is 5.11 Å². The molecule has 20 heavy (non-hydrogen) atoms. The van der Waals surface area contributed by atoms with Gasteiger partial charge in [0.2, 0.25) is 0 Å². The number of pyridine rings is 1. The third-order valence-electron chi connectivity index (χ3n) is 2.41. The first-order valence-corrected chi connectivity index (χ1v) is 5.55. The number of hydrogen-bond acceptors (Lipinski definition) is 4. The number of benzene rings is 1. The molecule has 1 aromatic heterocycles. The Kier molecular flexibility index (Phi) is 4.09. The van der Waals surface area contributed by atoms with E-state index in [-0.39, 0.29) is 11.3 Å². The summed E-state index contributed by atoms with van der Waals surface area (Å²) in [5.74, 6) is -1.09. The monoisotopic (exact) mass is 280 g/mol. The highest BCUT2D eigenvalue weighted by molar-refractivity contribution is 5.94. The quantitative estimate of drug-likeness (QED) is 0.880. The van der Waals surface area contributed by atoms with Gasteiger partial charge in [-0.2, -0.15) is 8.78 Å². The first-order valence-electron chi connectivity index (χ1n) is 5.55. The molecule has 0 bridgehead atoms. The number of hydrogen-bond donors (Lipinski definition) is 2. The molecule has 0 saturated carbocycles. The molecule has 5 nitrogen and oxygen atoms in total. The van der Waals surface area contributed by atoms with Crippen LogP contribution in [0.25, 0.3) is 0 Å². The zero-order chi connectivity index (χ0) is 14.5. The van der Waals surface area contributed by atoms with E-state index in [9.17, 15) is 13.6 Å². The molecule has 0 saturated heterocycles. The normalized spacial score (nSPS) is 10.3. The lowest BCUT2D eigenvalue weighted by atomic mass is 10.2. The van der Waals surface area contributed by atoms with Crippen molar-refractivity contribution in [1.82, 2.24) is 4.98 Å². The van der Waals surface area contributed by atoms with E-state index in [0.717, 1.165) is 0 Å². The Bertz CT molecular complexity index is 603. The van der Waals surface area contributed by atoms with Crippen LogP contribution in [-0.4, -0.2) is 22.7 Å². The third kappa shape index (κ3) is 3.41. The van der Waals surface area contributed by atoms with Gasteiger partial charge in [0, 0.05) is 18.1 Å². The minimum Gasteiger partial charge on any atom is -0.478 e. The van der Waals surface area contributed by atoms with Gasteiger partial charge in [-0.15, -0.1) is 0 Å². The molecular weight excluding hydrogens is 270 g/mol. The van der Waals surface area contributed by atoms with Crippen LogP contribution in [0.5, 0.6) is 5.75 Å². The molecule has 0 atom stereocenters. The summed E-state index contributed by atoms with van der Waals surface area (Å²) in [6.07, 6.45) is 2.67. The largest absolute Gasteiger partial charge is 0.478 e. The number of aromatic carboxylic acids is 1. The molecule has 0 aliphatic rings. The zero-order valence-corrected chi connectivity index (χ0v) is 10.1. The molecule has 1 heterocycles. The highest BCUT2D eigenvalue weighted by Gasteiger charge is 2.10. The van der Waals surface area contributed by atoms with Gasteiger partial charge in [-0.3, -0.25) is 4.98 Å². The second-order valence-corrected chi connectivity index (χ2v) is 3.75. The van der Waals surface area contributed by atoms with Crippen molar-refractivity contribution in [1.29, 1.82) is 0 Å². The van der Waals surface area contributed by atoms with Gasteiger partial charge in [0.15, 0.2) is 0 Å². The molecular formula is C13H10F2N2O3. The van der Waals surface area contributed by atoms with Crippen LogP contribution >= 0.6 is 0 Å². The van der Waals surface area contributed by atoms with Gasteiger partial charge in [0.05, 0.1) is 5.69 Å². The molecule has 2 N–H and O–H groups in total. The standard InChI is InChI=1S/C13H10F2N2O3/c14-13(15)20-9-3-1-8(2-4-9)17-11-5-6-16-7-10(11)12(18)19/h1-7,13H,(H,16,17)(H,18,19). The lowest BCUT2D eigenvalue weighted by molar-refractivity contribution is -0.0498. The average molecular weight is 280 g/mol. The molecule has 2 aromatic rings. The Balaban J connectivity index is 2.16. The van der Waals surface area contributed by atoms with Crippen LogP contribution in [0.3, 0.4) is 0 Å². The molecule has 104 valence electrons. The van der Waals surface area contributed by atoms with E-state index in [0.29, 0.717) is 11.4 Å². The Morgan fingerprint density at radius 2 is 1.95 bits per heavy atom. The molecule has 0 amide bonds. The highest BCUT2D eigenvalue weighted by Crippen LogP contribution is 2.23. The number of ether oxygens (including phenoxy) is 1. The number of nitrogens with one attached hydrogen (secondary N) is 1. The Morgan fingerprint density at radius 1 is 1.25 bits per heavy atom. The van der Waals surface area contributed by atoms with Gasteiger partial charge in [-0.1, -0.05) is 0 Å². The van der Waals surface area contributed by atoms with Gasteiger partial charge < -0.3 is 15.2 Å². The van der Waals surface area contributed by atoms with E-state index in [1.807, 2.05) is 0 Å². The third-order valence-corrected chi connectivity index (χ3v) is 2.41. The minimum absolute atomic E-state index is 0.0143. The maximum atomic E-state index is 12.0. The molecule has 0 spiro atoms. The maximum Gasteiger partial charge on any atom is 0.387 e. The smallest absolute Gasteiger partial charge is 0.387 e. The van der Waals surface area contributed by atoms with Crippen molar-refractivity contribution >= 4 is 17.3 Å². The fraction of sp³-hybridized carbons (Fsp3) is 0.0769. The zero-order valence-electron chi connectivity index (χ0n) is 10.1. The van der Waals surface area contributed by atoms with Gasteiger partial charge in [0.25, 0.3) is 0 Å². The van der Waals surface area contributed by atoms with Crippen LogP contribution in [0.2, 0.25) is 0 Å². The van der Waals surface area contributed by atoms with E-state index >= 15 is 0 Å². The van der Waals surface area contributed by atoms with E-state index < -0.39 is 12.6 Å². The summed E-state index contributed by atoms with van der Waals surface area (Å²) in [4.78, 5) is 14.7. The molecule has 1 aromatic carbocycles. The van der Waals surface area contributed by atoms with Crippen molar-refractivity contribution < 1.29 is 23.4 Å². The lowest BCUT2D eigenvalue weighted by Gasteiger charge is -2.10. The summed E-state index contributed by atoms with van der Waals surface area (Å²) in [6, 6.07) is 7.23. The highest BCUT2D eigenvalue weighted by atomic mass is 19.3. The van der Waals surface area contributed by atoms with Gasteiger partial charge in [0.1, 0.15) is 11.3 Å². The first kappa shape index (κ1) is 13.7. The Morgan fingerprint density at radius 3 is 2.55 bits per heavy atom. The molecule has 2 rings (SSSR count). The van der Waals surface area contributed by atoms with E-state index in [1.54, 1.807) is 0 Å². The molecule has 0 fully saturated rings. The fourth-order valence-electron chi connectivity index (χ4n) is 1.55. The Hall–Kier alpha value is -2.70. The van der Waals surface area contributed by atoms with Crippen molar-refractivity contribution in [3.63, 3.8) is 0 Å². The number of aromatic nitrogens is 1. The number of rotatable bonds is 5. The number of anilines is 2. The van der Waals surface area contributed by atoms with Crippen LogP contribution < -0.4 is 10.1 Å². The number of halogens is 2. The number of alkyl halides is 2. The summed E-state index contributed by atoms with van der Waals surface area (Å²) in [6.45, 7) is -2.88. The summed E-state index contributed by atoms with van der Waals surface area (Å²) in [7, 11) is 0. The second-order valence-electron chi connectivity index (χ2n) is 3.75. The van der Waals surface area contributed by atoms with Gasteiger partial charge in [-0.25, -0.2) is 4.79 Å². The minimum atomic E-state index is -2.88. The lowest BCUT2D eigenvalue weighted by Crippen LogP contribution is -2.04. The van der Waals surface area contributed by atoms with Crippen LogP contribution in [0, 0.1) is 0 Å². The Labute approximate surface area is 112 Å². The van der Waals surface area contributed by atoms with Crippen LogP contribution in [0.4, 0.5) is 20.2 Å². The average Bonchev–Trinajstić information content (AvgIpc) is 2.41. The molecule has 7 heteroatoms. The molecule has 0 unspecified atom stereocenters. The SMILES string of the molecule is O=C(O)c1cnccc1Nc1ccc(OC(F)F)cc1. The van der Waals surface area contributed by atoms with Gasteiger partial charge >= 0.3 is 12.6 Å². The van der Waals surface area contributed by atoms with Crippen molar-refractivity contribution in [2.24, 2.45) is 0 Å². The first-order chi connectivity index (χ1) is 9.56. The van der Waals surface area contributed by atoms with Crippen LogP contribution in [0.1, 0.15) is 10.4 Å². The van der Waals surface area contributed by atoms with Crippen LogP contribution in [-0.2, 0) is 0 Å².